The van der Waals surface area contributed by atoms with Gasteiger partial charge in [0, 0.05) is 0 Å². The van der Waals surface area contributed by atoms with E-state index in [0.717, 1.165) is 3.57 Å². The summed E-state index contributed by atoms with van der Waals surface area (Å²) >= 11 is 2.02. The van der Waals surface area contributed by atoms with Gasteiger partial charge in [-0.15, -0.1) is 0 Å². The molecule has 0 bridgehead atoms. The fourth-order valence-corrected chi connectivity index (χ4v) is 8.33. The quantitative estimate of drug-likeness (QED) is 0.727. The predicted octanol–water partition coefficient (Wildman–Crippen LogP) is 4.27. The normalized spacial score (nSPS) is 11.0. The number of ether oxygens (including phenoxy) is 2. The maximum atomic E-state index is 9.68. The van der Waals surface area contributed by atoms with Crippen molar-refractivity contribution < 1.29 is 14.6 Å². The summed E-state index contributed by atoms with van der Waals surface area (Å²) in [5.74, 6) is 1.45. The first-order chi connectivity index (χ1) is 9.17. The van der Waals surface area contributed by atoms with Crippen molar-refractivity contribution in [3.8, 4) is 17.2 Å². The Labute approximate surface area is 125 Å². The number of benzene rings is 2. The van der Waals surface area contributed by atoms with Crippen molar-refractivity contribution in [2.75, 3.05) is 14.2 Å². The summed E-state index contributed by atoms with van der Waals surface area (Å²) in [4.78, 5) is 0. The van der Waals surface area contributed by atoms with Gasteiger partial charge in [0.2, 0.25) is 0 Å². The molecule has 19 heavy (non-hydrogen) atoms. The van der Waals surface area contributed by atoms with Crippen molar-refractivity contribution in [3.63, 3.8) is 0 Å². The second kappa shape index (κ2) is 6.47. The molecule has 0 aromatic heterocycles. The Morgan fingerprint density at radius 2 is 1.53 bits per heavy atom. The minimum absolute atomic E-state index is 0.141. The molecule has 0 heterocycles. The number of halogens is 2. The molecule has 0 aliphatic heterocycles. The fraction of sp³-hybridized carbons (Fsp3) is 0.143. The Hall–Kier alpha value is -0.950. The Morgan fingerprint density at radius 3 is 2.00 bits per heavy atom. The third-order valence-corrected chi connectivity index (χ3v) is 10.7. The third-order valence-electron chi connectivity index (χ3n) is 2.52. The number of methoxy groups -OCH3 is 2. The van der Waals surface area contributed by atoms with Gasteiger partial charge in [0.05, 0.1) is 0 Å². The van der Waals surface area contributed by atoms with Crippen molar-refractivity contribution in [1.29, 1.82) is 0 Å². The van der Waals surface area contributed by atoms with E-state index in [-0.39, 0.29) is 5.75 Å². The number of phenolic OH excluding ortho intramolecular Hbond substituents is 1. The van der Waals surface area contributed by atoms with Gasteiger partial charge in [-0.3, -0.25) is 0 Å². The third kappa shape index (κ3) is 3.14. The van der Waals surface area contributed by atoms with Crippen molar-refractivity contribution in [2.24, 2.45) is 0 Å². The van der Waals surface area contributed by atoms with Crippen LogP contribution in [0.3, 0.4) is 0 Å². The Balaban J connectivity index is 2.54. The molecule has 2 aromatic rings. The van der Waals surface area contributed by atoms with Gasteiger partial charge in [0.15, 0.2) is 0 Å². The zero-order valence-electron chi connectivity index (χ0n) is 10.6. The van der Waals surface area contributed by atoms with Crippen LogP contribution in [-0.4, -0.2) is 19.3 Å². The molecule has 0 aliphatic rings. The second-order valence-electron chi connectivity index (χ2n) is 3.70. The molecular formula is C14H14BrIO3. The SMILES string of the molecule is COc1cc(O)cc(OC)c1I(Br)c1ccccc1. The molecule has 0 fully saturated rings. The van der Waals surface area contributed by atoms with Crippen molar-refractivity contribution in [1.82, 2.24) is 0 Å². The summed E-state index contributed by atoms with van der Waals surface area (Å²) in [6.45, 7) is 0. The average Bonchev–Trinajstić information content (AvgIpc) is 2.46. The first kappa shape index (κ1) is 14.5. The van der Waals surface area contributed by atoms with Crippen LogP contribution in [-0.2, 0) is 0 Å². The minimum atomic E-state index is -1.80. The van der Waals surface area contributed by atoms with Crippen LogP contribution in [0.1, 0.15) is 0 Å². The van der Waals surface area contributed by atoms with Crippen LogP contribution in [0, 0.1) is 7.14 Å². The van der Waals surface area contributed by atoms with Crippen LogP contribution in [0.15, 0.2) is 42.5 Å². The standard InChI is InChI=1S/C14H14BrIO3/c1-18-12-8-11(17)9-13(19-2)14(12)16(15)10-6-4-3-5-7-10/h3-9,17H,1-2H3. The maximum absolute atomic E-state index is 9.68. The molecule has 0 atom stereocenters. The van der Waals surface area contributed by atoms with Gasteiger partial charge in [-0.25, -0.2) is 0 Å². The van der Waals surface area contributed by atoms with Crippen LogP contribution in [0.25, 0.3) is 0 Å². The summed E-state index contributed by atoms with van der Waals surface area (Å²) in [5, 5.41) is 9.68. The predicted molar refractivity (Wildman–Crippen MR) is 88.0 cm³/mol. The topological polar surface area (TPSA) is 38.7 Å². The van der Waals surface area contributed by atoms with Crippen molar-refractivity contribution in [2.45, 2.75) is 0 Å². The molecule has 0 saturated heterocycles. The van der Waals surface area contributed by atoms with Crippen LogP contribution < -0.4 is 9.47 Å². The van der Waals surface area contributed by atoms with Gasteiger partial charge in [-0.05, 0) is 0 Å². The van der Waals surface area contributed by atoms with E-state index in [4.69, 9.17) is 9.47 Å². The van der Waals surface area contributed by atoms with Crippen LogP contribution >= 0.6 is 30.3 Å². The molecule has 0 saturated carbocycles. The van der Waals surface area contributed by atoms with Gasteiger partial charge in [0.25, 0.3) is 0 Å². The van der Waals surface area contributed by atoms with Crippen LogP contribution in [0.4, 0.5) is 0 Å². The van der Waals surface area contributed by atoms with Crippen molar-refractivity contribution in [3.05, 3.63) is 49.6 Å². The van der Waals surface area contributed by atoms with E-state index in [9.17, 15) is 5.11 Å². The van der Waals surface area contributed by atoms with Crippen LogP contribution in [0.5, 0.6) is 17.2 Å². The summed E-state index contributed by atoms with van der Waals surface area (Å²) < 4.78 is 13.0. The Kier molecular flexibility index (Phi) is 4.93. The average molecular weight is 437 g/mol. The number of rotatable bonds is 4. The van der Waals surface area contributed by atoms with E-state index < -0.39 is 17.6 Å². The molecular weight excluding hydrogens is 423 g/mol. The molecule has 1 N–H and O–H groups in total. The van der Waals surface area contributed by atoms with E-state index >= 15 is 0 Å². The number of aromatic hydroxyl groups is 1. The molecule has 0 amide bonds. The molecule has 3 nitrogen and oxygen atoms in total. The van der Waals surface area contributed by atoms with E-state index in [1.807, 2.05) is 18.2 Å². The van der Waals surface area contributed by atoms with Gasteiger partial charge in [0.1, 0.15) is 0 Å². The summed E-state index contributed by atoms with van der Waals surface area (Å²) in [6, 6.07) is 13.4. The summed E-state index contributed by atoms with van der Waals surface area (Å²) in [5.41, 5.74) is 0. The van der Waals surface area contributed by atoms with Gasteiger partial charge >= 0.3 is 126 Å². The number of hydrogen-bond donors (Lipinski definition) is 1. The molecule has 0 unspecified atom stereocenters. The molecule has 0 spiro atoms. The summed E-state index contributed by atoms with van der Waals surface area (Å²) in [7, 11) is 3.19. The summed E-state index contributed by atoms with van der Waals surface area (Å²) in [6.07, 6.45) is 0. The zero-order chi connectivity index (χ0) is 13.8. The Morgan fingerprint density at radius 1 is 1.00 bits per heavy atom. The van der Waals surface area contributed by atoms with Crippen LogP contribution in [0.2, 0.25) is 0 Å². The number of phenols is 1. The van der Waals surface area contributed by atoms with E-state index in [1.54, 1.807) is 26.4 Å². The second-order valence-corrected chi connectivity index (χ2v) is 11.4. The molecule has 5 heteroatoms. The van der Waals surface area contributed by atoms with E-state index in [0.29, 0.717) is 11.5 Å². The fourth-order valence-electron chi connectivity index (χ4n) is 1.65. The monoisotopic (exact) mass is 436 g/mol. The first-order valence-electron chi connectivity index (χ1n) is 5.53. The number of hydrogen-bond acceptors (Lipinski definition) is 3. The van der Waals surface area contributed by atoms with Crippen molar-refractivity contribution >= 4 is 30.3 Å². The first-order valence-corrected chi connectivity index (χ1v) is 12.5. The van der Waals surface area contributed by atoms with Gasteiger partial charge < -0.3 is 0 Å². The Bertz CT molecular complexity index is 535. The zero-order valence-corrected chi connectivity index (χ0v) is 14.3. The molecule has 2 rings (SSSR count). The van der Waals surface area contributed by atoms with Gasteiger partial charge in [-0.1, -0.05) is 0 Å². The van der Waals surface area contributed by atoms with E-state index in [2.05, 4.69) is 24.8 Å². The molecule has 0 radical (unpaired) electrons. The van der Waals surface area contributed by atoms with Gasteiger partial charge in [-0.2, -0.15) is 0 Å². The molecule has 102 valence electrons. The van der Waals surface area contributed by atoms with E-state index in [1.165, 1.54) is 3.57 Å². The molecule has 2 aromatic carbocycles. The molecule has 0 aliphatic carbocycles.